The van der Waals surface area contributed by atoms with Crippen molar-refractivity contribution in [2.24, 2.45) is 0 Å². The molecule has 0 aliphatic heterocycles. The van der Waals surface area contributed by atoms with E-state index in [4.69, 9.17) is 9.47 Å². The van der Waals surface area contributed by atoms with Gasteiger partial charge in [-0.3, -0.25) is 4.68 Å². The molecule has 0 atom stereocenters. The molecular formula is C20H22N2O2. The summed E-state index contributed by atoms with van der Waals surface area (Å²) in [7, 11) is 1.62. The maximum Gasteiger partial charge on any atom is 0.139 e. The van der Waals surface area contributed by atoms with Crippen molar-refractivity contribution in [3.05, 3.63) is 66.4 Å². The molecule has 24 heavy (non-hydrogen) atoms. The van der Waals surface area contributed by atoms with Gasteiger partial charge in [-0.1, -0.05) is 43.8 Å². The fourth-order valence-electron chi connectivity index (χ4n) is 2.67. The number of ether oxygens (including phenoxy) is 2. The second kappa shape index (κ2) is 7.21. The molecule has 4 heteroatoms. The first-order valence-electron chi connectivity index (χ1n) is 8.13. The van der Waals surface area contributed by atoms with Gasteiger partial charge in [-0.15, -0.1) is 0 Å². The lowest BCUT2D eigenvalue weighted by molar-refractivity contribution is 0.306. The summed E-state index contributed by atoms with van der Waals surface area (Å²) in [5.74, 6) is 1.41. The molecule has 0 amide bonds. The quantitative estimate of drug-likeness (QED) is 0.594. The normalized spacial score (nSPS) is 10.8. The van der Waals surface area contributed by atoms with Crippen LogP contribution in [0.25, 0.3) is 16.7 Å². The Morgan fingerprint density at radius 2 is 1.96 bits per heavy atom. The summed E-state index contributed by atoms with van der Waals surface area (Å²) in [5, 5.41) is 5.68. The molecule has 0 unspecified atom stereocenters. The lowest BCUT2D eigenvalue weighted by Gasteiger charge is -2.07. The van der Waals surface area contributed by atoms with E-state index < -0.39 is 0 Å². The Morgan fingerprint density at radius 3 is 2.67 bits per heavy atom. The Bertz CT molecular complexity index is 837. The van der Waals surface area contributed by atoms with Crippen molar-refractivity contribution in [3.8, 4) is 5.75 Å². The fourth-order valence-corrected chi connectivity index (χ4v) is 2.67. The number of aryl methyl sites for hydroxylation is 1. The minimum atomic E-state index is 0.548. The predicted molar refractivity (Wildman–Crippen MR) is 96.8 cm³/mol. The molecule has 3 rings (SSSR count). The van der Waals surface area contributed by atoms with Crippen molar-refractivity contribution in [1.82, 2.24) is 9.78 Å². The minimum absolute atomic E-state index is 0.548. The molecule has 0 bridgehead atoms. The summed E-state index contributed by atoms with van der Waals surface area (Å²) in [4.78, 5) is 0. The fraction of sp³-hybridized carbons (Fsp3) is 0.250. The van der Waals surface area contributed by atoms with Gasteiger partial charge in [-0.05, 0) is 24.1 Å². The van der Waals surface area contributed by atoms with Gasteiger partial charge in [0.1, 0.15) is 23.8 Å². The number of nitrogens with zero attached hydrogens (tertiary/aromatic N) is 2. The predicted octanol–water partition coefficient (Wildman–Crippen LogP) is 4.64. The van der Waals surface area contributed by atoms with E-state index in [1.165, 1.54) is 0 Å². The van der Waals surface area contributed by atoms with Crippen LogP contribution in [0.3, 0.4) is 0 Å². The zero-order chi connectivity index (χ0) is 16.9. The molecule has 0 aliphatic rings. The first-order valence-corrected chi connectivity index (χ1v) is 8.13. The van der Waals surface area contributed by atoms with Crippen LogP contribution >= 0.6 is 0 Å². The maximum absolute atomic E-state index is 5.93. The van der Waals surface area contributed by atoms with Gasteiger partial charge in [0.2, 0.25) is 0 Å². The molecule has 1 heterocycles. The van der Waals surface area contributed by atoms with E-state index in [-0.39, 0.29) is 0 Å². The molecule has 3 aromatic rings. The van der Waals surface area contributed by atoms with Crippen LogP contribution in [0.1, 0.15) is 24.6 Å². The van der Waals surface area contributed by atoms with Crippen molar-refractivity contribution in [1.29, 1.82) is 0 Å². The van der Waals surface area contributed by atoms with E-state index in [0.717, 1.165) is 40.9 Å². The van der Waals surface area contributed by atoms with Gasteiger partial charge in [0.25, 0.3) is 0 Å². The third kappa shape index (κ3) is 3.27. The molecule has 0 N–H and O–H groups in total. The molecule has 0 spiro atoms. The molecule has 4 nitrogen and oxygen atoms in total. The van der Waals surface area contributed by atoms with E-state index in [0.29, 0.717) is 12.4 Å². The van der Waals surface area contributed by atoms with Gasteiger partial charge in [-0.2, -0.15) is 5.10 Å². The van der Waals surface area contributed by atoms with Gasteiger partial charge >= 0.3 is 0 Å². The first-order chi connectivity index (χ1) is 11.7. The Balaban J connectivity index is 1.91. The van der Waals surface area contributed by atoms with E-state index in [1.54, 1.807) is 7.11 Å². The molecule has 0 saturated carbocycles. The molecule has 0 radical (unpaired) electrons. The third-order valence-corrected chi connectivity index (χ3v) is 3.92. The number of hydrogen-bond donors (Lipinski definition) is 0. The number of benzene rings is 2. The number of rotatable bonds is 7. The molecule has 0 fully saturated rings. The lowest BCUT2D eigenvalue weighted by atomic mass is 10.2. The highest BCUT2D eigenvalue weighted by Crippen LogP contribution is 2.28. The van der Waals surface area contributed by atoms with E-state index >= 15 is 0 Å². The van der Waals surface area contributed by atoms with Crippen LogP contribution in [0.15, 0.2) is 55.1 Å². The molecule has 124 valence electrons. The zero-order valence-corrected chi connectivity index (χ0v) is 14.2. The average Bonchev–Trinajstić information content (AvgIpc) is 2.98. The van der Waals surface area contributed by atoms with Crippen LogP contribution in [0.4, 0.5) is 0 Å². The molecule has 0 saturated heterocycles. The SMILES string of the molecule is C=C(OC)c1nn(CCC)c2cc(OCc3ccccc3)ccc12. The van der Waals surface area contributed by atoms with E-state index in [9.17, 15) is 0 Å². The zero-order valence-electron chi connectivity index (χ0n) is 14.2. The van der Waals surface area contributed by atoms with Crippen molar-refractivity contribution in [2.75, 3.05) is 7.11 Å². The lowest BCUT2D eigenvalue weighted by Crippen LogP contribution is -2.00. The molecule has 2 aromatic carbocycles. The number of aromatic nitrogens is 2. The first kappa shape index (κ1) is 16.1. The standard InChI is InChI=1S/C20H22N2O2/c1-4-12-22-19-13-17(24-14-16-8-6-5-7-9-16)10-11-18(19)20(21-22)15(2)23-3/h5-11,13H,2,4,12,14H2,1,3H3. The summed E-state index contributed by atoms with van der Waals surface area (Å²) in [5.41, 5.74) is 2.97. The minimum Gasteiger partial charge on any atom is -0.495 e. The summed E-state index contributed by atoms with van der Waals surface area (Å²) >= 11 is 0. The number of fused-ring (bicyclic) bond motifs is 1. The van der Waals surface area contributed by atoms with Gasteiger partial charge in [-0.25, -0.2) is 0 Å². The molecule has 1 aromatic heterocycles. The van der Waals surface area contributed by atoms with Crippen molar-refractivity contribution >= 4 is 16.7 Å². The van der Waals surface area contributed by atoms with E-state index in [1.807, 2.05) is 41.1 Å². The summed E-state index contributed by atoms with van der Waals surface area (Å²) in [6.07, 6.45) is 1.00. The van der Waals surface area contributed by atoms with Crippen molar-refractivity contribution in [3.63, 3.8) is 0 Å². The van der Waals surface area contributed by atoms with Gasteiger partial charge < -0.3 is 9.47 Å². The summed E-state index contributed by atoms with van der Waals surface area (Å²) in [6, 6.07) is 16.2. The van der Waals surface area contributed by atoms with Crippen LogP contribution < -0.4 is 4.74 Å². The number of hydrogen-bond acceptors (Lipinski definition) is 3. The van der Waals surface area contributed by atoms with Gasteiger partial charge in [0.05, 0.1) is 12.6 Å². The van der Waals surface area contributed by atoms with Crippen LogP contribution in [0.5, 0.6) is 5.75 Å². The highest BCUT2D eigenvalue weighted by Gasteiger charge is 2.14. The van der Waals surface area contributed by atoms with Crippen LogP contribution in [-0.2, 0) is 17.9 Å². The van der Waals surface area contributed by atoms with Gasteiger partial charge in [0.15, 0.2) is 0 Å². The highest BCUT2D eigenvalue weighted by atomic mass is 16.5. The Morgan fingerprint density at radius 1 is 1.17 bits per heavy atom. The third-order valence-electron chi connectivity index (χ3n) is 3.92. The van der Waals surface area contributed by atoms with Gasteiger partial charge in [0, 0.05) is 18.0 Å². The van der Waals surface area contributed by atoms with Crippen molar-refractivity contribution in [2.45, 2.75) is 26.5 Å². The van der Waals surface area contributed by atoms with Crippen LogP contribution in [0.2, 0.25) is 0 Å². The Kier molecular flexibility index (Phi) is 4.85. The highest BCUT2D eigenvalue weighted by molar-refractivity contribution is 5.90. The van der Waals surface area contributed by atoms with Crippen LogP contribution in [-0.4, -0.2) is 16.9 Å². The topological polar surface area (TPSA) is 36.3 Å². The Hall–Kier alpha value is -2.75. The second-order valence-corrected chi connectivity index (χ2v) is 5.65. The van der Waals surface area contributed by atoms with Crippen LogP contribution in [0, 0.1) is 0 Å². The molecular weight excluding hydrogens is 300 g/mol. The summed E-state index contributed by atoms with van der Waals surface area (Å²) in [6.45, 7) is 7.46. The smallest absolute Gasteiger partial charge is 0.139 e. The maximum atomic E-state index is 5.93. The largest absolute Gasteiger partial charge is 0.495 e. The van der Waals surface area contributed by atoms with E-state index in [2.05, 4.69) is 30.7 Å². The van der Waals surface area contributed by atoms with Crippen molar-refractivity contribution < 1.29 is 9.47 Å². The Labute approximate surface area is 142 Å². The average molecular weight is 322 g/mol. The number of methoxy groups -OCH3 is 1. The molecule has 0 aliphatic carbocycles. The monoisotopic (exact) mass is 322 g/mol. The summed E-state index contributed by atoms with van der Waals surface area (Å²) < 4.78 is 13.2. The second-order valence-electron chi connectivity index (χ2n) is 5.65.